The van der Waals surface area contributed by atoms with Crippen molar-refractivity contribution < 1.29 is 4.79 Å². The number of carbonyl (C=O) groups excluding carboxylic acids is 1. The number of benzene rings is 1. The highest BCUT2D eigenvalue weighted by atomic mass is 16.2. The van der Waals surface area contributed by atoms with Crippen LogP contribution in [0.2, 0.25) is 0 Å². The summed E-state index contributed by atoms with van der Waals surface area (Å²) < 4.78 is 1.88. The number of aromatic nitrogens is 5. The van der Waals surface area contributed by atoms with E-state index in [1.165, 1.54) is 0 Å². The first-order valence-corrected chi connectivity index (χ1v) is 8.53. The van der Waals surface area contributed by atoms with Gasteiger partial charge < -0.3 is 4.90 Å². The number of aromatic amines is 1. The summed E-state index contributed by atoms with van der Waals surface area (Å²) in [6, 6.07) is 7.96. The highest BCUT2D eigenvalue weighted by Crippen LogP contribution is 2.28. The molecule has 1 aliphatic rings. The average molecular weight is 336 g/mol. The highest BCUT2D eigenvalue weighted by Gasteiger charge is 2.22. The predicted octanol–water partition coefficient (Wildman–Crippen LogP) is 2.79. The van der Waals surface area contributed by atoms with Crippen LogP contribution in [0.5, 0.6) is 0 Å². The van der Waals surface area contributed by atoms with Gasteiger partial charge in [-0.15, -0.1) is 0 Å². The van der Waals surface area contributed by atoms with Crippen molar-refractivity contribution >= 4 is 11.6 Å². The first kappa shape index (κ1) is 15.6. The summed E-state index contributed by atoms with van der Waals surface area (Å²) in [7, 11) is 0. The molecule has 25 heavy (non-hydrogen) atoms. The quantitative estimate of drug-likeness (QED) is 0.794. The van der Waals surface area contributed by atoms with Gasteiger partial charge in [0.05, 0.1) is 11.8 Å². The molecule has 0 spiro atoms. The van der Waals surface area contributed by atoms with Crippen LogP contribution in [-0.4, -0.2) is 37.4 Å². The number of aryl methyl sites for hydroxylation is 2. The van der Waals surface area contributed by atoms with Crippen molar-refractivity contribution in [1.82, 2.24) is 25.0 Å². The van der Waals surface area contributed by atoms with Crippen molar-refractivity contribution in [2.45, 2.75) is 33.2 Å². The third-order valence-corrected chi connectivity index (χ3v) is 4.53. The number of nitrogens with zero attached hydrogens (tertiary/aromatic N) is 5. The van der Waals surface area contributed by atoms with Crippen molar-refractivity contribution in [3.05, 3.63) is 36.2 Å². The second-order valence-corrected chi connectivity index (χ2v) is 6.18. The van der Waals surface area contributed by atoms with E-state index in [-0.39, 0.29) is 5.91 Å². The van der Waals surface area contributed by atoms with Crippen molar-refractivity contribution in [3.63, 3.8) is 0 Å². The van der Waals surface area contributed by atoms with Crippen LogP contribution in [-0.2, 0) is 11.3 Å². The standard InChI is InChI=1S/C18H20N6O/c1-3-24-18(20-17(22-24)15-11-19-21-12(15)2)13-6-4-7-14(10-13)23-9-5-8-16(23)25/h4,6-7,10-11H,3,5,8-9H2,1-2H3,(H,19,21). The molecule has 0 saturated carbocycles. The van der Waals surface area contributed by atoms with Crippen molar-refractivity contribution in [2.75, 3.05) is 11.4 Å². The zero-order chi connectivity index (χ0) is 17.4. The lowest BCUT2D eigenvalue weighted by molar-refractivity contribution is -0.117. The summed E-state index contributed by atoms with van der Waals surface area (Å²) in [6.07, 6.45) is 3.28. The maximum Gasteiger partial charge on any atom is 0.227 e. The maximum absolute atomic E-state index is 12.0. The molecule has 1 amide bonds. The van der Waals surface area contributed by atoms with Crippen molar-refractivity contribution in [2.24, 2.45) is 0 Å². The number of hydrogen-bond acceptors (Lipinski definition) is 4. The van der Waals surface area contributed by atoms with Crippen LogP contribution in [0.3, 0.4) is 0 Å². The van der Waals surface area contributed by atoms with Crippen LogP contribution in [0.25, 0.3) is 22.8 Å². The summed E-state index contributed by atoms with van der Waals surface area (Å²) in [5.41, 5.74) is 3.72. The van der Waals surface area contributed by atoms with Gasteiger partial charge in [0, 0.05) is 36.5 Å². The molecule has 3 aromatic rings. The van der Waals surface area contributed by atoms with Gasteiger partial charge in [0.25, 0.3) is 0 Å². The molecular formula is C18H20N6O. The summed E-state index contributed by atoms with van der Waals surface area (Å²) in [5.74, 6) is 1.64. The van der Waals surface area contributed by atoms with E-state index < -0.39 is 0 Å². The molecule has 4 rings (SSSR count). The van der Waals surface area contributed by atoms with Crippen LogP contribution in [0.15, 0.2) is 30.5 Å². The van der Waals surface area contributed by atoms with E-state index in [2.05, 4.69) is 15.3 Å². The minimum Gasteiger partial charge on any atom is -0.312 e. The van der Waals surface area contributed by atoms with Gasteiger partial charge in [0.15, 0.2) is 11.6 Å². The van der Waals surface area contributed by atoms with E-state index in [9.17, 15) is 4.79 Å². The normalized spacial score (nSPS) is 14.5. The number of rotatable bonds is 4. The zero-order valence-corrected chi connectivity index (χ0v) is 14.4. The number of H-pyrrole nitrogens is 1. The molecule has 1 aromatic carbocycles. The zero-order valence-electron chi connectivity index (χ0n) is 14.4. The van der Waals surface area contributed by atoms with E-state index in [4.69, 9.17) is 4.98 Å². The molecule has 0 atom stereocenters. The van der Waals surface area contributed by atoms with Crippen LogP contribution in [0, 0.1) is 6.92 Å². The topological polar surface area (TPSA) is 79.7 Å². The number of hydrogen-bond donors (Lipinski definition) is 1. The predicted molar refractivity (Wildman–Crippen MR) is 95.0 cm³/mol. The molecule has 1 N–H and O–H groups in total. The Kier molecular flexibility index (Phi) is 3.83. The molecule has 0 bridgehead atoms. The average Bonchev–Trinajstić information content (AvgIpc) is 3.34. The first-order valence-electron chi connectivity index (χ1n) is 8.53. The Hall–Kier alpha value is -2.96. The Morgan fingerprint density at radius 1 is 1.32 bits per heavy atom. The first-order chi connectivity index (χ1) is 12.2. The largest absolute Gasteiger partial charge is 0.312 e. The van der Waals surface area contributed by atoms with E-state index >= 15 is 0 Å². The van der Waals surface area contributed by atoms with E-state index in [1.54, 1.807) is 6.20 Å². The van der Waals surface area contributed by atoms with Gasteiger partial charge in [0.1, 0.15) is 0 Å². The minimum absolute atomic E-state index is 0.184. The van der Waals surface area contributed by atoms with Gasteiger partial charge in [-0.1, -0.05) is 12.1 Å². The lowest BCUT2D eigenvalue weighted by atomic mass is 10.1. The third kappa shape index (κ3) is 2.71. The third-order valence-electron chi connectivity index (χ3n) is 4.53. The summed E-state index contributed by atoms with van der Waals surface area (Å²) in [6.45, 7) is 5.49. The Morgan fingerprint density at radius 3 is 2.88 bits per heavy atom. The number of anilines is 1. The molecule has 7 heteroatoms. The fourth-order valence-electron chi connectivity index (χ4n) is 3.20. The van der Waals surface area contributed by atoms with Gasteiger partial charge in [-0.05, 0) is 32.4 Å². The molecule has 2 aromatic heterocycles. The molecule has 1 saturated heterocycles. The molecule has 0 unspecified atom stereocenters. The highest BCUT2D eigenvalue weighted by molar-refractivity contribution is 5.95. The van der Waals surface area contributed by atoms with E-state index in [1.807, 2.05) is 47.7 Å². The SMILES string of the molecule is CCn1nc(-c2cn[nH]c2C)nc1-c1cccc(N2CCCC2=O)c1. The molecule has 128 valence electrons. The van der Waals surface area contributed by atoms with Gasteiger partial charge in [-0.2, -0.15) is 10.2 Å². The van der Waals surface area contributed by atoms with Gasteiger partial charge in [0.2, 0.25) is 5.91 Å². The van der Waals surface area contributed by atoms with E-state index in [0.717, 1.165) is 41.3 Å². The molecule has 1 aliphatic heterocycles. The van der Waals surface area contributed by atoms with Gasteiger partial charge in [-0.3, -0.25) is 9.89 Å². The molecule has 7 nitrogen and oxygen atoms in total. The Labute approximate surface area is 145 Å². The van der Waals surface area contributed by atoms with Crippen LogP contribution >= 0.6 is 0 Å². The van der Waals surface area contributed by atoms with E-state index in [0.29, 0.717) is 18.8 Å². The molecule has 0 aliphatic carbocycles. The number of carbonyl (C=O) groups is 1. The van der Waals surface area contributed by atoms with Crippen molar-refractivity contribution in [1.29, 1.82) is 0 Å². The lowest BCUT2D eigenvalue weighted by Gasteiger charge is -2.16. The fraction of sp³-hybridized carbons (Fsp3) is 0.333. The smallest absolute Gasteiger partial charge is 0.227 e. The molecule has 3 heterocycles. The second kappa shape index (κ2) is 6.16. The summed E-state index contributed by atoms with van der Waals surface area (Å²) in [5, 5.41) is 11.6. The Morgan fingerprint density at radius 2 is 2.20 bits per heavy atom. The Bertz CT molecular complexity index is 925. The molecule has 1 fully saturated rings. The molecular weight excluding hydrogens is 316 g/mol. The van der Waals surface area contributed by atoms with Crippen molar-refractivity contribution in [3.8, 4) is 22.8 Å². The fourth-order valence-corrected chi connectivity index (χ4v) is 3.20. The van der Waals surface area contributed by atoms with Crippen LogP contribution in [0.1, 0.15) is 25.5 Å². The minimum atomic E-state index is 0.184. The summed E-state index contributed by atoms with van der Waals surface area (Å²) >= 11 is 0. The van der Waals surface area contributed by atoms with Gasteiger partial charge >= 0.3 is 0 Å². The van der Waals surface area contributed by atoms with Gasteiger partial charge in [-0.25, -0.2) is 9.67 Å². The number of amides is 1. The second-order valence-electron chi connectivity index (χ2n) is 6.18. The Balaban J connectivity index is 1.76. The number of nitrogens with one attached hydrogen (secondary N) is 1. The monoisotopic (exact) mass is 336 g/mol. The maximum atomic E-state index is 12.0. The lowest BCUT2D eigenvalue weighted by Crippen LogP contribution is -2.23. The molecule has 0 radical (unpaired) electrons. The van der Waals surface area contributed by atoms with Crippen LogP contribution in [0.4, 0.5) is 5.69 Å². The summed E-state index contributed by atoms with van der Waals surface area (Å²) in [4.78, 5) is 18.6. The van der Waals surface area contributed by atoms with Crippen LogP contribution < -0.4 is 4.90 Å².